The van der Waals surface area contributed by atoms with E-state index in [0.717, 1.165) is 18.4 Å². The molecule has 1 fully saturated rings. The number of amides is 1. The zero-order valence-corrected chi connectivity index (χ0v) is 11.3. The molecule has 1 amide bonds. The highest BCUT2D eigenvalue weighted by Gasteiger charge is 2.44. The molecular weight excluding hydrogens is 271 g/mol. The van der Waals surface area contributed by atoms with E-state index in [1.807, 2.05) is 6.07 Å². The van der Waals surface area contributed by atoms with E-state index < -0.39 is 0 Å². The van der Waals surface area contributed by atoms with Crippen LogP contribution in [-0.2, 0) is 5.41 Å². The minimum absolute atomic E-state index is 0.151. The summed E-state index contributed by atoms with van der Waals surface area (Å²) in [5, 5.41) is 2.84. The molecule has 6 heteroatoms. The summed E-state index contributed by atoms with van der Waals surface area (Å²) in [4.78, 5) is 19.7. The number of anilines is 1. The molecule has 1 aliphatic carbocycles. The van der Waals surface area contributed by atoms with Gasteiger partial charge < -0.3 is 11.1 Å². The zero-order chi connectivity index (χ0) is 14.9. The maximum absolute atomic E-state index is 13.3. The van der Waals surface area contributed by atoms with Crippen LogP contribution in [0.15, 0.2) is 36.8 Å². The number of nitrogen functional groups attached to an aromatic ring is 1. The fourth-order valence-corrected chi connectivity index (χ4v) is 2.40. The topological polar surface area (TPSA) is 80.9 Å². The van der Waals surface area contributed by atoms with Crippen molar-refractivity contribution < 1.29 is 9.18 Å². The summed E-state index contributed by atoms with van der Waals surface area (Å²) in [6.45, 7) is 0.448. The predicted octanol–water partition coefficient (Wildman–Crippen LogP) is 1.66. The standard InChI is InChI=1S/C15H15FN4O/c16-11-3-1-2-10(6-11)15(4-5-15)8-19-14(21)12-7-18-9-20-13(12)17/h1-3,6-7,9H,4-5,8H2,(H,19,21)(H2,17,18,20). The monoisotopic (exact) mass is 286 g/mol. The van der Waals surface area contributed by atoms with E-state index in [1.165, 1.54) is 24.7 Å². The Morgan fingerprint density at radius 1 is 1.43 bits per heavy atom. The molecule has 2 aromatic rings. The number of carbonyl (C=O) groups is 1. The normalized spacial score (nSPS) is 15.5. The quantitative estimate of drug-likeness (QED) is 0.895. The van der Waals surface area contributed by atoms with Crippen molar-refractivity contribution in [2.75, 3.05) is 12.3 Å². The van der Waals surface area contributed by atoms with Crippen LogP contribution in [0.25, 0.3) is 0 Å². The van der Waals surface area contributed by atoms with Crippen molar-refractivity contribution in [3.63, 3.8) is 0 Å². The lowest BCUT2D eigenvalue weighted by Gasteiger charge is -2.17. The van der Waals surface area contributed by atoms with E-state index in [0.29, 0.717) is 6.54 Å². The lowest BCUT2D eigenvalue weighted by molar-refractivity contribution is 0.0950. The van der Waals surface area contributed by atoms with Crippen molar-refractivity contribution in [1.29, 1.82) is 0 Å². The second-order valence-corrected chi connectivity index (χ2v) is 5.30. The molecule has 3 N–H and O–H groups in total. The van der Waals surface area contributed by atoms with Crippen LogP contribution in [0.3, 0.4) is 0 Å². The Hall–Kier alpha value is -2.50. The number of nitrogens with zero attached hydrogens (tertiary/aromatic N) is 2. The smallest absolute Gasteiger partial charge is 0.256 e. The van der Waals surface area contributed by atoms with Gasteiger partial charge in [-0.25, -0.2) is 14.4 Å². The van der Waals surface area contributed by atoms with Crippen molar-refractivity contribution >= 4 is 11.7 Å². The Bertz CT molecular complexity index is 685. The van der Waals surface area contributed by atoms with Crippen LogP contribution < -0.4 is 11.1 Å². The van der Waals surface area contributed by atoms with Crippen molar-refractivity contribution in [3.05, 3.63) is 53.7 Å². The third-order valence-electron chi connectivity index (χ3n) is 3.87. The van der Waals surface area contributed by atoms with Gasteiger partial charge in [0.1, 0.15) is 18.0 Å². The van der Waals surface area contributed by atoms with Crippen LogP contribution in [0.2, 0.25) is 0 Å². The van der Waals surface area contributed by atoms with Gasteiger partial charge in [0, 0.05) is 18.2 Å². The number of hydrogen-bond acceptors (Lipinski definition) is 4. The van der Waals surface area contributed by atoms with E-state index in [-0.39, 0.29) is 28.5 Å². The molecule has 1 aromatic heterocycles. The van der Waals surface area contributed by atoms with Crippen molar-refractivity contribution in [2.45, 2.75) is 18.3 Å². The molecule has 1 aromatic carbocycles. The third kappa shape index (κ3) is 2.69. The van der Waals surface area contributed by atoms with Crippen LogP contribution in [0, 0.1) is 5.82 Å². The lowest BCUT2D eigenvalue weighted by atomic mass is 9.96. The second kappa shape index (κ2) is 5.12. The van der Waals surface area contributed by atoms with Gasteiger partial charge in [0.25, 0.3) is 5.91 Å². The van der Waals surface area contributed by atoms with Gasteiger partial charge in [-0.2, -0.15) is 0 Å². The van der Waals surface area contributed by atoms with E-state index in [9.17, 15) is 9.18 Å². The summed E-state index contributed by atoms with van der Waals surface area (Å²) < 4.78 is 13.3. The Balaban J connectivity index is 1.71. The average Bonchev–Trinajstić information content (AvgIpc) is 3.26. The van der Waals surface area contributed by atoms with Crippen LogP contribution >= 0.6 is 0 Å². The molecular formula is C15H15FN4O. The highest BCUT2D eigenvalue weighted by Crippen LogP contribution is 2.47. The van der Waals surface area contributed by atoms with Gasteiger partial charge in [-0.1, -0.05) is 12.1 Å². The molecule has 0 atom stereocenters. The molecule has 5 nitrogen and oxygen atoms in total. The Labute approximate surface area is 121 Å². The van der Waals surface area contributed by atoms with Gasteiger partial charge in [0.15, 0.2) is 0 Å². The molecule has 3 rings (SSSR count). The Kier molecular flexibility index (Phi) is 3.29. The third-order valence-corrected chi connectivity index (χ3v) is 3.87. The molecule has 0 spiro atoms. The Morgan fingerprint density at radius 2 is 2.24 bits per heavy atom. The predicted molar refractivity (Wildman–Crippen MR) is 76.1 cm³/mol. The van der Waals surface area contributed by atoms with Crippen LogP contribution in [-0.4, -0.2) is 22.4 Å². The first-order chi connectivity index (χ1) is 10.1. The minimum atomic E-state index is -0.309. The lowest BCUT2D eigenvalue weighted by Crippen LogP contribution is -2.33. The van der Waals surface area contributed by atoms with Gasteiger partial charge in [-0.15, -0.1) is 0 Å². The van der Waals surface area contributed by atoms with E-state index >= 15 is 0 Å². The zero-order valence-electron chi connectivity index (χ0n) is 11.3. The van der Waals surface area contributed by atoms with Crippen LogP contribution in [0.4, 0.5) is 10.2 Å². The van der Waals surface area contributed by atoms with Crippen molar-refractivity contribution in [1.82, 2.24) is 15.3 Å². The maximum atomic E-state index is 13.3. The number of halogens is 1. The molecule has 1 heterocycles. The minimum Gasteiger partial charge on any atom is -0.383 e. The molecule has 0 radical (unpaired) electrons. The van der Waals surface area contributed by atoms with Crippen molar-refractivity contribution in [2.24, 2.45) is 0 Å². The molecule has 21 heavy (non-hydrogen) atoms. The number of nitrogens with two attached hydrogens (primary N) is 1. The Morgan fingerprint density at radius 3 is 2.90 bits per heavy atom. The van der Waals surface area contributed by atoms with Gasteiger partial charge >= 0.3 is 0 Å². The number of benzene rings is 1. The molecule has 108 valence electrons. The molecule has 0 bridgehead atoms. The molecule has 0 saturated heterocycles. The van der Waals surface area contributed by atoms with E-state index in [1.54, 1.807) is 6.07 Å². The summed E-state index contributed by atoms with van der Waals surface area (Å²) >= 11 is 0. The molecule has 1 saturated carbocycles. The highest BCUT2D eigenvalue weighted by atomic mass is 19.1. The first-order valence-corrected chi connectivity index (χ1v) is 6.70. The number of nitrogens with one attached hydrogen (secondary N) is 1. The van der Waals surface area contributed by atoms with E-state index in [2.05, 4.69) is 15.3 Å². The fourth-order valence-electron chi connectivity index (χ4n) is 2.40. The number of carbonyl (C=O) groups excluding carboxylic acids is 1. The SMILES string of the molecule is Nc1ncncc1C(=O)NCC1(c2cccc(F)c2)CC1. The van der Waals surface area contributed by atoms with Crippen LogP contribution in [0.1, 0.15) is 28.8 Å². The second-order valence-electron chi connectivity index (χ2n) is 5.30. The maximum Gasteiger partial charge on any atom is 0.256 e. The van der Waals surface area contributed by atoms with Gasteiger partial charge in [-0.3, -0.25) is 4.79 Å². The van der Waals surface area contributed by atoms with Crippen LogP contribution in [0.5, 0.6) is 0 Å². The summed E-state index contributed by atoms with van der Waals surface area (Å²) in [6.07, 6.45) is 4.54. The largest absolute Gasteiger partial charge is 0.383 e. The first kappa shape index (κ1) is 13.5. The number of aromatic nitrogens is 2. The summed E-state index contributed by atoms with van der Waals surface area (Å²) in [5.74, 6) is -0.417. The average molecular weight is 286 g/mol. The summed E-state index contributed by atoms with van der Waals surface area (Å²) in [7, 11) is 0. The number of hydrogen-bond donors (Lipinski definition) is 2. The van der Waals surface area contributed by atoms with E-state index in [4.69, 9.17) is 5.73 Å². The molecule has 0 aliphatic heterocycles. The van der Waals surface area contributed by atoms with Gasteiger partial charge in [-0.05, 0) is 30.5 Å². The first-order valence-electron chi connectivity index (χ1n) is 6.70. The highest BCUT2D eigenvalue weighted by molar-refractivity contribution is 5.97. The molecule has 0 unspecified atom stereocenters. The molecule has 1 aliphatic rings. The van der Waals surface area contributed by atoms with Gasteiger partial charge in [0.05, 0.1) is 5.56 Å². The summed E-state index contributed by atoms with van der Waals surface area (Å²) in [6, 6.07) is 6.52. The van der Waals surface area contributed by atoms with Gasteiger partial charge in [0.2, 0.25) is 0 Å². The van der Waals surface area contributed by atoms with Crippen molar-refractivity contribution in [3.8, 4) is 0 Å². The summed E-state index contributed by atoms with van der Waals surface area (Å²) in [5.41, 5.74) is 6.66. The fraction of sp³-hybridized carbons (Fsp3) is 0.267. The number of rotatable bonds is 4.